The summed E-state index contributed by atoms with van der Waals surface area (Å²) >= 11 is 5.35. The maximum absolute atomic E-state index is 5.64. The third-order valence-electron chi connectivity index (χ3n) is 3.34. The fourth-order valence-corrected chi connectivity index (χ4v) is 2.48. The highest BCUT2D eigenvalue weighted by molar-refractivity contribution is 7.80. The van der Waals surface area contributed by atoms with Gasteiger partial charge in [-0.05, 0) is 68.4 Å². The van der Waals surface area contributed by atoms with Gasteiger partial charge in [0.15, 0.2) is 16.6 Å². The fourth-order valence-electron chi connectivity index (χ4n) is 2.29. The second-order valence-electron chi connectivity index (χ2n) is 5.32. The molecule has 0 unspecified atom stereocenters. The zero-order valence-corrected chi connectivity index (χ0v) is 15.2. The first-order valence-corrected chi connectivity index (χ1v) is 8.53. The van der Waals surface area contributed by atoms with E-state index in [0.29, 0.717) is 24.9 Å². The molecule has 24 heavy (non-hydrogen) atoms. The molecular formula is C19H24N2O2S. The maximum Gasteiger partial charge on any atom is 0.171 e. The van der Waals surface area contributed by atoms with E-state index in [-0.39, 0.29) is 0 Å². The molecule has 2 aromatic carbocycles. The van der Waals surface area contributed by atoms with E-state index in [1.807, 2.05) is 44.2 Å². The van der Waals surface area contributed by atoms with Crippen molar-refractivity contribution in [3.8, 4) is 11.5 Å². The largest absolute Gasteiger partial charge is 0.490 e. The summed E-state index contributed by atoms with van der Waals surface area (Å²) in [5.41, 5.74) is 3.25. The van der Waals surface area contributed by atoms with Crippen molar-refractivity contribution in [1.29, 1.82) is 0 Å². The molecular weight excluding hydrogens is 320 g/mol. The first-order valence-electron chi connectivity index (χ1n) is 8.12. The Bertz CT molecular complexity index is 689. The monoisotopic (exact) mass is 344 g/mol. The lowest BCUT2D eigenvalue weighted by Gasteiger charge is -2.14. The number of ether oxygens (including phenoxy) is 2. The van der Waals surface area contributed by atoms with Crippen LogP contribution in [0.4, 0.5) is 5.69 Å². The molecule has 0 heterocycles. The molecule has 0 saturated heterocycles. The number of anilines is 1. The second-order valence-corrected chi connectivity index (χ2v) is 5.73. The molecule has 0 saturated carbocycles. The number of thiocarbonyl (C=S) groups is 1. The van der Waals surface area contributed by atoms with Crippen molar-refractivity contribution < 1.29 is 9.47 Å². The van der Waals surface area contributed by atoms with Gasteiger partial charge >= 0.3 is 0 Å². The van der Waals surface area contributed by atoms with Crippen LogP contribution in [0.2, 0.25) is 0 Å². The van der Waals surface area contributed by atoms with E-state index >= 15 is 0 Å². The third-order valence-corrected chi connectivity index (χ3v) is 3.58. The number of benzene rings is 2. The lowest BCUT2D eigenvalue weighted by Crippen LogP contribution is -2.27. The molecule has 2 rings (SSSR count). The van der Waals surface area contributed by atoms with E-state index < -0.39 is 0 Å². The molecule has 0 fully saturated rings. The number of rotatable bonds is 7. The number of hydrogen-bond acceptors (Lipinski definition) is 3. The Kier molecular flexibility index (Phi) is 6.88. The second kappa shape index (κ2) is 9.13. The van der Waals surface area contributed by atoms with Crippen LogP contribution < -0.4 is 20.1 Å². The molecule has 0 atom stereocenters. The van der Waals surface area contributed by atoms with E-state index in [4.69, 9.17) is 21.7 Å². The van der Waals surface area contributed by atoms with Crippen LogP contribution in [0.15, 0.2) is 42.5 Å². The van der Waals surface area contributed by atoms with Crippen molar-refractivity contribution in [3.63, 3.8) is 0 Å². The lowest BCUT2D eigenvalue weighted by molar-refractivity contribution is 0.287. The van der Waals surface area contributed by atoms with Crippen LogP contribution in [0.1, 0.15) is 25.0 Å². The van der Waals surface area contributed by atoms with Crippen molar-refractivity contribution in [2.45, 2.75) is 27.3 Å². The molecule has 128 valence electrons. The Balaban J connectivity index is 1.95. The first kappa shape index (κ1) is 18.1. The van der Waals surface area contributed by atoms with Gasteiger partial charge < -0.3 is 20.1 Å². The van der Waals surface area contributed by atoms with Crippen molar-refractivity contribution in [1.82, 2.24) is 5.32 Å². The molecule has 0 aromatic heterocycles. The van der Waals surface area contributed by atoms with Crippen molar-refractivity contribution >= 4 is 23.0 Å². The quantitative estimate of drug-likeness (QED) is 0.734. The van der Waals surface area contributed by atoms with E-state index in [1.54, 1.807) is 0 Å². The van der Waals surface area contributed by atoms with Crippen molar-refractivity contribution in [3.05, 3.63) is 53.6 Å². The Morgan fingerprint density at radius 3 is 2.46 bits per heavy atom. The van der Waals surface area contributed by atoms with E-state index in [9.17, 15) is 0 Å². The minimum atomic E-state index is 0.590. The Labute approximate surface area is 149 Å². The van der Waals surface area contributed by atoms with Crippen LogP contribution in [-0.2, 0) is 6.54 Å². The SMILES string of the molecule is CCOc1ccc(CNC(=S)Nc2cccc(C)c2)cc1OCC. The average molecular weight is 344 g/mol. The molecule has 0 bridgehead atoms. The lowest BCUT2D eigenvalue weighted by atomic mass is 10.2. The smallest absolute Gasteiger partial charge is 0.171 e. The van der Waals surface area contributed by atoms with Crippen LogP contribution in [0.25, 0.3) is 0 Å². The van der Waals surface area contributed by atoms with Crippen molar-refractivity contribution in [2.24, 2.45) is 0 Å². The Morgan fingerprint density at radius 1 is 1.00 bits per heavy atom. The van der Waals surface area contributed by atoms with Gasteiger partial charge in [-0.3, -0.25) is 0 Å². The van der Waals surface area contributed by atoms with Crippen LogP contribution in [0, 0.1) is 6.92 Å². The van der Waals surface area contributed by atoms with Crippen LogP contribution in [0.3, 0.4) is 0 Å². The number of hydrogen-bond donors (Lipinski definition) is 2. The van der Waals surface area contributed by atoms with Gasteiger partial charge in [-0.15, -0.1) is 0 Å². The van der Waals surface area contributed by atoms with Crippen molar-refractivity contribution in [2.75, 3.05) is 18.5 Å². The van der Waals surface area contributed by atoms with Gasteiger partial charge in [-0.25, -0.2) is 0 Å². The molecule has 0 amide bonds. The van der Waals surface area contributed by atoms with Gasteiger partial charge in [0.1, 0.15) is 0 Å². The summed E-state index contributed by atoms with van der Waals surface area (Å²) in [7, 11) is 0. The molecule has 0 aliphatic carbocycles. The maximum atomic E-state index is 5.64. The van der Waals surface area contributed by atoms with E-state index in [1.165, 1.54) is 5.56 Å². The summed E-state index contributed by atoms with van der Waals surface area (Å²) in [6, 6.07) is 14.0. The topological polar surface area (TPSA) is 42.5 Å². The van der Waals surface area contributed by atoms with Crippen LogP contribution in [0.5, 0.6) is 11.5 Å². The Hall–Kier alpha value is -2.27. The normalized spacial score (nSPS) is 10.1. The number of aryl methyl sites for hydroxylation is 1. The standard InChI is InChI=1S/C19H24N2O2S/c1-4-22-17-10-9-15(12-18(17)23-5-2)13-20-19(24)21-16-8-6-7-14(3)11-16/h6-12H,4-5,13H2,1-3H3,(H2,20,21,24). The third kappa shape index (κ3) is 5.42. The molecule has 0 aliphatic rings. The van der Waals surface area contributed by atoms with Gasteiger partial charge in [-0.1, -0.05) is 18.2 Å². The summed E-state index contributed by atoms with van der Waals surface area (Å²) in [5.74, 6) is 1.53. The molecule has 4 nitrogen and oxygen atoms in total. The first-order chi connectivity index (χ1) is 11.6. The summed E-state index contributed by atoms with van der Waals surface area (Å²) in [6.45, 7) is 7.80. The average Bonchev–Trinajstić information content (AvgIpc) is 2.55. The molecule has 2 N–H and O–H groups in total. The minimum Gasteiger partial charge on any atom is -0.490 e. The fraction of sp³-hybridized carbons (Fsp3) is 0.316. The van der Waals surface area contributed by atoms with Gasteiger partial charge in [0.2, 0.25) is 0 Å². The van der Waals surface area contributed by atoms with Gasteiger partial charge in [0.25, 0.3) is 0 Å². The Morgan fingerprint density at radius 2 is 1.75 bits per heavy atom. The molecule has 5 heteroatoms. The van der Waals surface area contributed by atoms with Gasteiger partial charge in [0.05, 0.1) is 13.2 Å². The van der Waals surface area contributed by atoms with Gasteiger partial charge in [-0.2, -0.15) is 0 Å². The van der Waals surface area contributed by atoms with Crippen LogP contribution >= 0.6 is 12.2 Å². The molecule has 0 radical (unpaired) electrons. The van der Waals surface area contributed by atoms with Gasteiger partial charge in [0, 0.05) is 12.2 Å². The summed E-state index contributed by atoms with van der Waals surface area (Å²) in [6.07, 6.45) is 0. The summed E-state index contributed by atoms with van der Waals surface area (Å²) in [4.78, 5) is 0. The minimum absolute atomic E-state index is 0.590. The zero-order valence-electron chi connectivity index (χ0n) is 14.4. The zero-order chi connectivity index (χ0) is 17.4. The summed E-state index contributed by atoms with van der Waals surface area (Å²) in [5, 5.41) is 6.99. The van der Waals surface area contributed by atoms with E-state index in [0.717, 1.165) is 22.7 Å². The molecule has 0 aliphatic heterocycles. The predicted molar refractivity (Wildman–Crippen MR) is 103 cm³/mol. The van der Waals surface area contributed by atoms with E-state index in [2.05, 4.69) is 29.7 Å². The molecule has 0 spiro atoms. The highest BCUT2D eigenvalue weighted by Gasteiger charge is 2.06. The highest BCUT2D eigenvalue weighted by atomic mass is 32.1. The highest BCUT2D eigenvalue weighted by Crippen LogP contribution is 2.28. The molecule has 2 aromatic rings. The van der Waals surface area contributed by atoms with Crippen LogP contribution in [-0.4, -0.2) is 18.3 Å². The number of nitrogens with one attached hydrogen (secondary N) is 2. The predicted octanol–water partition coefficient (Wildman–Crippen LogP) is 4.28. The summed E-state index contributed by atoms with van der Waals surface area (Å²) < 4.78 is 11.2.